The lowest BCUT2D eigenvalue weighted by atomic mass is 9.98. The summed E-state index contributed by atoms with van der Waals surface area (Å²) in [5.41, 5.74) is 6.01. The molecule has 1 saturated heterocycles. The first-order chi connectivity index (χ1) is 6.72. The maximum atomic E-state index is 11.6. The maximum absolute atomic E-state index is 11.6. The maximum Gasteiger partial charge on any atom is 0.232 e. The van der Waals surface area contributed by atoms with Crippen LogP contribution in [0.4, 0.5) is 0 Å². The minimum atomic E-state index is 0. The Bertz CT molecular complexity index is 239. The van der Waals surface area contributed by atoms with E-state index in [1.165, 1.54) is 6.42 Å². The van der Waals surface area contributed by atoms with E-state index in [-0.39, 0.29) is 12.4 Å². The molecule has 2 aliphatic rings. The largest absolute Gasteiger partial charge is 0.341 e. The molecule has 0 radical (unpaired) electrons. The Hall–Kier alpha value is 0.0700. The van der Waals surface area contributed by atoms with Crippen molar-refractivity contribution in [2.75, 3.05) is 25.1 Å². The summed E-state index contributed by atoms with van der Waals surface area (Å²) in [6, 6.07) is 0.340. The fourth-order valence-corrected chi connectivity index (χ4v) is 3.16. The number of rotatable bonds is 2. The molecule has 1 aliphatic heterocycles. The predicted octanol–water partition coefficient (Wildman–Crippen LogP) is 0.967. The molecule has 0 bridgehead atoms. The molecule has 15 heavy (non-hydrogen) atoms. The lowest BCUT2D eigenvalue weighted by Crippen LogP contribution is -2.34. The minimum absolute atomic E-state index is 0. The molecule has 1 heterocycles. The number of likely N-dealkylation sites (tertiary alicyclic amines) is 1. The Labute approximate surface area is 102 Å². The molecule has 1 saturated carbocycles. The van der Waals surface area contributed by atoms with Gasteiger partial charge in [0, 0.05) is 19.1 Å². The van der Waals surface area contributed by atoms with Crippen molar-refractivity contribution in [2.45, 2.75) is 18.9 Å². The van der Waals surface area contributed by atoms with Crippen LogP contribution >= 0.6 is 24.2 Å². The summed E-state index contributed by atoms with van der Waals surface area (Å²) in [5.74, 6) is 2.19. The number of amides is 1. The molecule has 88 valence electrons. The van der Waals surface area contributed by atoms with Gasteiger partial charge in [-0.2, -0.15) is 11.8 Å². The third-order valence-corrected chi connectivity index (χ3v) is 4.07. The number of nitrogens with two attached hydrogens (primary N) is 1. The van der Waals surface area contributed by atoms with Gasteiger partial charge in [0.2, 0.25) is 5.91 Å². The van der Waals surface area contributed by atoms with Crippen LogP contribution in [-0.4, -0.2) is 41.9 Å². The van der Waals surface area contributed by atoms with Crippen molar-refractivity contribution in [2.24, 2.45) is 17.6 Å². The van der Waals surface area contributed by atoms with Gasteiger partial charge in [-0.25, -0.2) is 0 Å². The van der Waals surface area contributed by atoms with E-state index in [4.69, 9.17) is 5.73 Å². The Morgan fingerprint density at radius 2 is 2.20 bits per heavy atom. The smallest absolute Gasteiger partial charge is 0.232 e. The van der Waals surface area contributed by atoms with Crippen LogP contribution in [0.5, 0.6) is 0 Å². The van der Waals surface area contributed by atoms with E-state index in [9.17, 15) is 4.79 Å². The topological polar surface area (TPSA) is 46.3 Å². The van der Waals surface area contributed by atoms with Crippen molar-refractivity contribution >= 4 is 30.1 Å². The van der Waals surface area contributed by atoms with Gasteiger partial charge >= 0.3 is 0 Å². The SMILES string of the molecule is CSCC(=O)N1CC2CCC(N)C2C1.Cl. The monoisotopic (exact) mass is 250 g/mol. The van der Waals surface area contributed by atoms with Gasteiger partial charge in [-0.3, -0.25) is 4.79 Å². The van der Waals surface area contributed by atoms with Crippen LogP contribution < -0.4 is 5.73 Å². The quantitative estimate of drug-likeness (QED) is 0.795. The van der Waals surface area contributed by atoms with Crippen LogP contribution in [0.3, 0.4) is 0 Å². The van der Waals surface area contributed by atoms with Gasteiger partial charge < -0.3 is 10.6 Å². The molecule has 3 atom stereocenters. The van der Waals surface area contributed by atoms with E-state index in [1.807, 2.05) is 11.2 Å². The number of carbonyl (C=O) groups excluding carboxylic acids is 1. The van der Waals surface area contributed by atoms with E-state index >= 15 is 0 Å². The first-order valence-corrected chi connectivity index (χ1v) is 6.64. The normalized spacial score (nSPS) is 33.7. The van der Waals surface area contributed by atoms with Crippen molar-refractivity contribution in [3.05, 3.63) is 0 Å². The fraction of sp³-hybridized carbons (Fsp3) is 0.900. The molecule has 0 aromatic heterocycles. The van der Waals surface area contributed by atoms with E-state index in [2.05, 4.69) is 0 Å². The Morgan fingerprint density at radius 3 is 2.80 bits per heavy atom. The number of nitrogens with zero attached hydrogens (tertiary/aromatic N) is 1. The van der Waals surface area contributed by atoms with Gasteiger partial charge in [0.15, 0.2) is 0 Å². The molecule has 2 rings (SSSR count). The Morgan fingerprint density at radius 1 is 1.47 bits per heavy atom. The van der Waals surface area contributed by atoms with Crippen molar-refractivity contribution < 1.29 is 4.79 Å². The van der Waals surface area contributed by atoms with E-state index in [0.717, 1.165) is 19.5 Å². The predicted molar refractivity (Wildman–Crippen MR) is 66.4 cm³/mol. The van der Waals surface area contributed by atoms with Crippen LogP contribution in [0.1, 0.15) is 12.8 Å². The van der Waals surface area contributed by atoms with Gasteiger partial charge in [0.1, 0.15) is 0 Å². The van der Waals surface area contributed by atoms with Gasteiger partial charge in [-0.05, 0) is 30.9 Å². The molecule has 0 spiro atoms. The summed E-state index contributed by atoms with van der Waals surface area (Å²) in [6.45, 7) is 1.86. The molecule has 3 nitrogen and oxygen atoms in total. The lowest BCUT2D eigenvalue weighted by Gasteiger charge is -2.18. The Balaban J connectivity index is 0.00000112. The number of carbonyl (C=O) groups is 1. The second kappa shape index (κ2) is 5.41. The molecular formula is C10H19ClN2OS. The average Bonchev–Trinajstić information content (AvgIpc) is 2.69. The highest BCUT2D eigenvalue weighted by atomic mass is 35.5. The summed E-state index contributed by atoms with van der Waals surface area (Å²) < 4.78 is 0. The molecule has 0 aromatic rings. The van der Waals surface area contributed by atoms with E-state index in [1.54, 1.807) is 11.8 Å². The standard InChI is InChI=1S/C10H18N2OS.ClH/c1-14-6-10(13)12-4-7-2-3-9(11)8(7)5-12;/h7-9H,2-6,11H2,1H3;1H. The van der Waals surface area contributed by atoms with Crippen molar-refractivity contribution in [1.29, 1.82) is 0 Å². The zero-order chi connectivity index (χ0) is 10.1. The third kappa shape index (κ3) is 2.60. The van der Waals surface area contributed by atoms with E-state index < -0.39 is 0 Å². The summed E-state index contributed by atoms with van der Waals surface area (Å²) >= 11 is 1.60. The highest BCUT2D eigenvalue weighted by Gasteiger charge is 2.42. The number of hydrogen-bond acceptors (Lipinski definition) is 3. The second-order valence-electron chi connectivity index (χ2n) is 4.40. The first-order valence-electron chi connectivity index (χ1n) is 5.24. The summed E-state index contributed by atoms with van der Waals surface area (Å²) in [4.78, 5) is 13.7. The summed E-state index contributed by atoms with van der Waals surface area (Å²) in [5, 5.41) is 0. The zero-order valence-corrected chi connectivity index (χ0v) is 10.6. The van der Waals surface area contributed by atoms with Crippen LogP contribution in [-0.2, 0) is 4.79 Å². The molecule has 3 unspecified atom stereocenters. The van der Waals surface area contributed by atoms with Crippen LogP contribution in [0, 0.1) is 11.8 Å². The molecule has 5 heteroatoms. The molecule has 0 aromatic carbocycles. The van der Waals surface area contributed by atoms with Crippen molar-refractivity contribution in [3.63, 3.8) is 0 Å². The molecule has 2 N–H and O–H groups in total. The summed E-state index contributed by atoms with van der Waals surface area (Å²) in [7, 11) is 0. The molecule has 1 amide bonds. The van der Waals surface area contributed by atoms with Crippen molar-refractivity contribution in [1.82, 2.24) is 4.90 Å². The van der Waals surface area contributed by atoms with Gasteiger partial charge in [-0.1, -0.05) is 0 Å². The molecule has 2 fully saturated rings. The number of fused-ring (bicyclic) bond motifs is 1. The minimum Gasteiger partial charge on any atom is -0.341 e. The number of thioether (sulfide) groups is 1. The molecular weight excluding hydrogens is 232 g/mol. The average molecular weight is 251 g/mol. The lowest BCUT2D eigenvalue weighted by molar-refractivity contribution is -0.127. The highest BCUT2D eigenvalue weighted by Crippen LogP contribution is 2.37. The van der Waals surface area contributed by atoms with Gasteiger partial charge in [0.05, 0.1) is 5.75 Å². The van der Waals surface area contributed by atoms with Gasteiger partial charge in [-0.15, -0.1) is 12.4 Å². The first kappa shape index (κ1) is 13.1. The van der Waals surface area contributed by atoms with Crippen LogP contribution in [0.2, 0.25) is 0 Å². The number of hydrogen-bond donors (Lipinski definition) is 1. The van der Waals surface area contributed by atoms with Crippen LogP contribution in [0.15, 0.2) is 0 Å². The third-order valence-electron chi connectivity index (χ3n) is 3.53. The van der Waals surface area contributed by atoms with Crippen LogP contribution in [0.25, 0.3) is 0 Å². The fourth-order valence-electron chi connectivity index (χ4n) is 2.73. The van der Waals surface area contributed by atoms with Gasteiger partial charge in [0.25, 0.3) is 0 Å². The summed E-state index contributed by atoms with van der Waals surface area (Å²) in [6.07, 6.45) is 4.34. The Kier molecular flexibility index (Phi) is 4.74. The molecule has 1 aliphatic carbocycles. The number of halogens is 1. The highest BCUT2D eigenvalue weighted by molar-refractivity contribution is 7.99. The second-order valence-corrected chi connectivity index (χ2v) is 5.26. The zero-order valence-electron chi connectivity index (χ0n) is 9.02. The van der Waals surface area contributed by atoms with Crippen molar-refractivity contribution in [3.8, 4) is 0 Å². The van der Waals surface area contributed by atoms with E-state index in [0.29, 0.717) is 29.5 Å².